The van der Waals surface area contributed by atoms with Crippen molar-refractivity contribution >= 4 is 22.4 Å². The molecule has 2 aromatic heterocycles. The summed E-state index contributed by atoms with van der Waals surface area (Å²) in [5, 5.41) is 3.99. The third kappa shape index (κ3) is 2.56. The number of hydrogen-bond acceptors (Lipinski definition) is 5. The van der Waals surface area contributed by atoms with E-state index < -0.39 is 0 Å². The number of fused-ring (bicyclic) bond motifs is 1. The Morgan fingerprint density at radius 2 is 2.06 bits per heavy atom. The van der Waals surface area contributed by atoms with Crippen LogP contribution in [-0.2, 0) is 0 Å². The van der Waals surface area contributed by atoms with Crippen LogP contribution in [0.25, 0.3) is 11.0 Å². The van der Waals surface area contributed by atoms with Gasteiger partial charge in [-0.05, 0) is 25.9 Å². The molecular weight excluding hydrogens is 234 g/mol. The highest BCUT2D eigenvalue weighted by atomic mass is 32.1. The van der Waals surface area contributed by atoms with Crippen LogP contribution in [-0.4, -0.2) is 41.1 Å². The van der Waals surface area contributed by atoms with Crippen molar-refractivity contribution in [1.29, 1.82) is 0 Å². The van der Waals surface area contributed by atoms with Gasteiger partial charge >= 0.3 is 0 Å². The predicted molar refractivity (Wildman–Crippen MR) is 68.6 cm³/mol. The molecule has 1 aliphatic rings. The highest BCUT2D eigenvalue weighted by Gasteiger charge is 2.11. The number of nitrogens with zero attached hydrogens (tertiary/aromatic N) is 3. The van der Waals surface area contributed by atoms with E-state index in [1.807, 2.05) is 10.8 Å². The van der Waals surface area contributed by atoms with Crippen LogP contribution in [0, 0.1) is 0 Å². The highest BCUT2D eigenvalue weighted by molar-refractivity contribution is 7.09. The summed E-state index contributed by atoms with van der Waals surface area (Å²) in [7, 11) is 0. The van der Waals surface area contributed by atoms with Crippen LogP contribution in [0.3, 0.4) is 0 Å². The molecule has 0 bridgehead atoms. The number of hydrogen-bond donors (Lipinski definition) is 0. The minimum Gasteiger partial charge on any atom is -0.475 e. The minimum absolute atomic E-state index is 0.634. The highest BCUT2D eigenvalue weighted by Crippen LogP contribution is 2.17. The van der Waals surface area contributed by atoms with E-state index in [0.717, 1.165) is 17.6 Å². The zero-order chi connectivity index (χ0) is 11.5. The SMILES string of the molecule is c1nc2cscc2nc1OCCN1CCCC1. The number of rotatable bonds is 4. The molecule has 0 aromatic carbocycles. The summed E-state index contributed by atoms with van der Waals surface area (Å²) in [5.41, 5.74) is 1.87. The molecule has 0 spiro atoms. The van der Waals surface area contributed by atoms with E-state index in [1.165, 1.54) is 25.9 Å². The van der Waals surface area contributed by atoms with E-state index in [4.69, 9.17) is 4.74 Å². The van der Waals surface area contributed by atoms with Crippen LogP contribution in [0.15, 0.2) is 17.0 Å². The van der Waals surface area contributed by atoms with Crippen LogP contribution in [0.2, 0.25) is 0 Å². The molecule has 1 saturated heterocycles. The molecule has 3 heterocycles. The smallest absolute Gasteiger partial charge is 0.232 e. The third-order valence-corrected chi connectivity index (χ3v) is 3.74. The van der Waals surface area contributed by atoms with Crippen LogP contribution in [0.5, 0.6) is 5.88 Å². The maximum atomic E-state index is 5.63. The predicted octanol–water partition coefficient (Wildman–Crippen LogP) is 2.17. The molecule has 0 radical (unpaired) electrons. The zero-order valence-corrected chi connectivity index (χ0v) is 10.4. The fourth-order valence-electron chi connectivity index (χ4n) is 2.09. The summed E-state index contributed by atoms with van der Waals surface area (Å²) in [6, 6.07) is 0. The average molecular weight is 249 g/mol. The van der Waals surface area contributed by atoms with Gasteiger partial charge in [0.25, 0.3) is 0 Å². The fourth-order valence-corrected chi connectivity index (χ4v) is 2.77. The van der Waals surface area contributed by atoms with Gasteiger partial charge in [0.1, 0.15) is 12.1 Å². The summed E-state index contributed by atoms with van der Waals surface area (Å²) in [6.07, 6.45) is 4.35. The first-order valence-corrected chi connectivity index (χ1v) is 6.90. The largest absolute Gasteiger partial charge is 0.475 e. The van der Waals surface area contributed by atoms with Gasteiger partial charge in [-0.2, -0.15) is 0 Å². The summed E-state index contributed by atoms with van der Waals surface area (Å²) in [4.78, 5) is 11.1. The molecule has 17 heavy (non-hydrogen) atoms. The zero-order valence-electron chi connectivity index (χ0n) is 9.63. The lowest BCUT2D eigenvalue weighted by Crippen LogP contribution is -2.25. The quantitative estimate of drug-likeness (QED) is 0.832. The lowest BCUT2D eigenvalue weighted by atomic mass is 10.4. The lowest BCUT2D eigenvalue weighted by molar-refractivity contribution is 0.232. The molecule has 0 unspecified atom stereocenters. The normalized spacial score (nSPS) is 16.7. The maximum absolute atomic E-state index is 5.63. The van der Waals surface area contributed by atoms with Crippen LogP contribution < -0.4 is 4.74 Å². The van der Waals surface area contributed by atoms with Crippen molar-refractivity contribution in [2.75, 3.05) is 26.2 Å². The second-order valence-corrected chi connectivity index (χ2v) is 4.99. The van der Waals surface area contributed by atoms with Gasteiger partial charge in [0.15, 0.2) is 0 Å². The van der Waals surface area contributed by atoms with Crippen LogP contribution in [0.4, 0.5) is 0 Å². The van der Waals surface area contributed by atoms with Gasteiger partial charge in [-0.3, -0.25) is 4.90 Å². The number of likely N-dealkylation sites (tertiary alicyclic amines) is 1. The van der Waals surface area contributed by atoms with Crippen molar-refractivity contribution in [3.63, 3.8) is 0 Å². The maximum Gasteiger partial charge on any atom is 0.232 e. The standard InChI is InChI=1S/C12H15N3OS/c1-2-4-15(3-1)5-6-16-12-7-13-10-8-17-9-11(10)14-12/h7-9H,1-6H2. The van der Waals surface area contributed by atoms with E-state index >= 15 is 0 Å². The van der Waals surface area contributed by atoms with Gasteiger partial charge < -0.3 is 4.74 Å². The molecule has 1 aliphatic heterocycles. The van der Waals surface area contributed by atoms with Crippen molar-refractivity contribution in [2.45, 2.75) is 12.8 Å². The Balaban J connectivity index is 1.56. The molecule has 0 aliphatic carbocycles. The molecule has 0 N–H and O–H groups in total. The number of aromatic nitrogens is 2. The topological polar surface area (TPSA) is 38.3 Å². The van der Waals surface area contributed by atoms with E-state index in [1.54, 1.807) is 17.5 Å². The molecule has 0 atom stereocenters. The molecule has 1 fully saturated rings. The molecule has 0 saturated carbocycles. The van der Waals surface area contributed by atoms with E-state index in [9.17, 15) is 0 Å². The Bertz CT molecular complexity index is 493. The average Bonchev–Trinajstić information content (AvgIpc) is 2.98. The molecule has 0 amide bonds. The van der Waals surface area contributed by atoms with Crippen molar-refractivity contribution in [3.05, 3.63) is 17.0 Å². The second-order valence-electron chi connectivity index (χ2n) is 4.25. The second kappa shape index (κ2) is 4.98. The Hall–Kier alpha value is -1.20. The van der Waals surface area contributed by atoms with Gasteiger partial charge in [0.05, 0.1) is 11.7 Å². The van der Waals surface area contributed by atoms with Gasteiger partial charge in [-0.15, -0.1) is 11.3 Å². The van der Waals surface area contributed by atoms with Crippen molar-refractivity contribution in [1.82, 2.24) is 14.9 Å². The van der Waals surface area contributed by atoms with Crippen molar-refractivity contribution < 1.29 is 4.74 Å². The monoisotopic (exact) mass is 249 g/mol. The Labute approximate surface area is 104 Å². The lowest BCUT2D eigenvalue weighted by Gasteiger charge is -2.14. The van der Waals surface area contributed by atoms with Crippen LogP contribution >= 0.6 is 11.3 Å². The molecule has 5 heteroatoms. The van der Waals surface area contributed by atoms with E-state index in [0.29, 0.717) is 12.5 Å². The van der Waals surface area contributed by atoms with Gasteiger partial charge in [0.2, 0.25) is 5.88 Å². The van der Waals surface area contributed by atoms with Gasteiger partial charge in [-0.1, -0.05) is 0 Å². The molecular formula is C12H15N3OS. The Morgan fingerprint density at radius 1 is 1.24 bits per heavy atom. The molecule has 4 nitrogen and oxygen atoms in total. The van der Waals surface area contributed by atoms with Crippen molar-refractivity contribution in [2.24, 2.45) is 0 Å². The minimum atomic E-state index is 0.634. The summed E-state index contributed by atoms with van der Waals surface area (Å²) >= 11 is 1.62. The summed E-state index contributed by atoms with van der Waals surface area (Å²) < 4.78 is 5.63. The third-order valence-electron chi connectivity index (χ3n) is 3.02. The number of thiophene rings is 1. The molecule has 90 valence electrons. The Morgan fingerprint density at radius 3 is 2.94 bits per heavy atom. The first kappa shape index (κ1) is 10.9. The summed E-state index contributed by atoms with van der Waals surface area (Å²) in [5.74, 6) is 0.634. The molecule has 2 aromatic rings. The van der Waals surface area contributed by atoms with Gasteiger partial charge in [0, 0.05) is 17.3 Å². The van der Waals surface area contributed by atoms with E-state index in [2.05, 4.69) is 14.9 Å². The van der Waals surface area contributed by atoms with E-state index in [-0.39, 0.29) is 0 Å². The first-order chi connectivity index (χ1) is 8.42. The fraction of sp³-hybridized carbons (Fsp3) is 0.500. The first-order valence-electron chi connectivity index (χ1n) is 5.96. The van der Waals surface area contributed by atoms with Gasteiger partial charge in [-0.25, -0.2) is 9.97 Å². The number of ether oxygens (including phenoxy) is 1. The molecule has 3 rings (SSSR count). The van der Waals surface area contributed by atoms with Crippen LogP contribution in [0.1, 0.15) is 12.8 Å². The van der Waals surface area contributed by atoms with Crippen molar-refractivity contribution in [3.8, 4) is 5.88 Å². The summed E-state index contributed by atoms with van der Waals surface area (Å²) in [6.45, 7) is 4.10. The Kier molecular flexibility index (Phi) is 3.20.